The average molecular weight is 286 g/mol. The third kappa shape index (κ3) is 2.27. The van der Waals surface area contributed by atoms with Gasteiger partial charge in [-0.1, -0.05) is 15.9 Å². The van der Waals surface area contributed by atoms with Crippen LogP contribution in [0.15, 0.2) is 39.5 Å². The number of rotatable bonds is 2. The van der Waals surface area contributed by atoms with Crippen molar-refractivity contribution in [2.45, 2.75) is 6.04 Å². The van der Waals surface area contributed by atoms with Crippen LogP contribution in [-0.4, -0.2) is 0 Å². The molecule has 1 nitrogen and oxygen atoms in total. The fourth-order valence-electron chi connectivity index (χ4n) is 1.38. The lowest BCUT2D eigenvalue weighted by Crippen LogP contribution is -2.11. The van der Waals surface area contributed by atoms with E-state index in [2.05, 4.69) is 15.9 Å². The molecule has 0 radical (unpaired) electrons. The third-order valence-electron chi connectivity index (χ3n) is 2.20. The van der Waals surface area contributed by atoms with E-state index in [1.165, 1.54) is 12.1 Å². The minimum absolute atomic E-state index is 0.265. The maximum absolute atomic E-state index is 13.1. The summed E-state index contributed by atoms with van der Waals surface area (Å²) in [6.07, 6.45) is 0. The molecule has 0 aliphatic rings. The van der Waals surface area contributed by atoms with Gasteiger partial charge in [-0.25, -0.2) is 4.39 Å². The number of halogens is 2. The van der Waals surface area contributed by atoms with Gasteiger partial charge < -0.3 is 5.73 Å². The predicted octanol–water partition coefficient (Wildman–Crippen LogP) is 3.70. The van der Waals surface area contributed by atoms with Crippen LogP contribution in [0.4, 0.5) is 4.39 Å². The fourth-order valence-corrected chi connectivity index (χ4v) is 2.57. The summed E-state index contributed by atoms with van der Waals surface area (Å²) in [6, 6.07) is 6.23. The van der Waals surface area contributed by atoms with E-state index >= 15 is 0 Å². The SMILES string of the molecule is N[C@H](c1ccsc1)c1cc(F)ccc1Br. The van der Waals surface area contributed by atoms with Crippen molar-refractivity contribution in [2.24, 2.45) is 5.73 Å². The standard InChI is InChI=1S/C11H9BrFNS/c12-10-2-1-8(13)5-9(10)11(14)7-3-4-15-6-7/h1-6,11H,14H2/t11-/m1/s1. The molecule has 0 amide bonds. The lowest BCUT2D eigenvalue weighted by molar-refractivity contribution is 0.623. The molecule has 2 aromatic rings. The summed E-state index contributed by atoms with van der Waals surface area (Å²) in [7, 11) is 0. The van der Waals surface area contributed by atoms with Crippen molar-refractivity contribution in [2.75, 3.05) is 0 Å². The molecule has 15 heavy (non-hydrogen) atoms. The van der Waals surface area contributed by atoms with Gasteiger partial charge >= 0.3 is 0 Å². The van der Waals surface area contributed by atoms with Gasteiger partial charge in [-0.15, -0.1) is 0 Å². The Bertz CT molecular complexity index is 456. The van der Waals surface area contributed by atoms with Gasteiger partial charge in [-0.3, -0.25) is 0 Å². The summed E-state index contributed by atoms with van der Waals surface area (Å²) in [4.78, 5) is 0. The summed E-state index contributed by atoms with van der Waals surface area (Å²) in [5, 5.41) is 3.93. The average Bonchev–Trinajstić information content (AvgIpc) is 2.74. The van der Waals surface area contributed by atoms with Crippen LogP contribution in [0.2, 0.25) is 0 Å². The van der Waals surface area contributed by atoms with Gasteiger partial charge in [-0.2, -0.15) is 11.3 Å². The van der Waals surface area contributed by atoms with E-state index in [-0.39, 0.29) is 11.9 Å². The first-order chi connectivity index (χ1) is 7.18. The first kappa shape index (κ1) is 10.8. The van der Waals surface area contributed by atoms with E-state index in [9.17, 15) is 4.39 Å². The fraction of sp³-hybridized carbons (Fsp3) is 0.0909. The molecule has 1 aromatic carbocycles. The van der Waals surface area contributed by atoms with Crippen molar-refractivity contribution in [3.63, 3.8) is 0 Å². The Balaban J connectivity index is 2.41. The molecule has 0 aliphatic carbocycles. The number of hydrogen-bond donors (Lipinski definition) is 1. The molecule has 0 unspecified atom stereocenters. The second-order valence-corrected chi connectivity index (χ2v) is 4.83. The van der Waals surface area contributed by atoms with Crippen LogP contribution in [0.1, 0.15) is 17.2 Å². The molecule has 78 valence electrons. The van der Waals surface area contributed by atoms with E-state index < -0.39 is 0 Å². The maximum atomic E-state index is 13.1. The maximum Gasteiger partial charge on any atom is 0.123 e. The van der Waals surface area contributed by atoms with Gasteiger partial charge in [-0.05, 0) is 46.2 Å². The quantitative estimate of drug-likeness (QED) is 0.895. The predicted molar refractivity (Wildman–Crippen MR) is 64.4 cm³/mol. The van der Waals surface area contributed by atoms with Crippen LogP contribution >= 0.6 is 27.3 Å². The van der Waals surface area contributed by atoms with Gasteiger partial charge in [0.25, 0.3) is 0 Å². The van der Waals surface area contributed by atoms with E-state index in [4.69, 9.17) is 5.73 Å². The largest absolute Gasteiger partial charge is 0.320 e. The molecular weight excluding hydrogens is 277 g/mol. The Labute approximate surface area is 99.9 Å². The minimum Gasteiger partial charge on any atom is -0.320 e. The number of benzene rings is 1. The second kappa shape index (κ2) is 4.43. The zero-order valence-corrected chi connectivity index (χ0v) is 10.2. The smallest absolute Gasteiger partial charge is 0.123 e. The second-order valence-electron chi connectivity index (χ2n) is 3.20. The first-order valence-corrected chi connectivity index (χ1v) is 6.14. The zero-order valence-electron chi connectivity index (χ0n) is 7.78. The normalized spacial score (nSPS) is 12.7. The molecule has 0 spiro atoms. The highest BCUT2D eigenvalue weighted by Gasteiger charge is 2.13. The summed E-state index contributed by atoms with van der Waals surface area (Å²) < 4.78 is 13.9. The lowest BCUT2D eigenvalue weighted by Gasteiger charge is -2.12. The molecule has 0 saturated carbocycles. The molecule has 1 heterocycles. The van der Waals surface area contributed by atoms with Crippen molar-refractivity contribution in [3.05, 3.63) is 56.4 Å². The van der Waals surface area contributed by atoms with Crippen molar-refractivity contribution >= 4 is 27.3 Å². The number of hydrogen-bond acceptors (Lipinski definition) is 2. The van der Waals surface area contributed by atoms with Crippen LogP contribution in [0.5, 0.6) is 0 Å². The molecule has 0 saturated heterocycles. The molecule has 2 rings (SSSR count). The van der Waals surface area contributed by atoms with Crippen molar-refractivity contribution in [1.82, 2.24) is 0 Å². The number of nitrogens with two attached hydrogens (primary N) is 1. The van der Waals surface area contributed by atoms with Gasteiger partial charge in [0, 0.05) is 4.47 Å². The molecule has 0 fully saturated rings. The number of thiophene rings is 1. The summed E-state index contributed by atoms with van der Waals surface area (Å²) in [5.41, 5.74) is 7.82. The zero-order chi connectivity index (χ0) is 10.8. The van der Waals surface area contributed by atoms with E-state index in [1.54, 1.807) is 17.4 Å². The van der Waals surface area contributed by atoms with Crippen molar-refractivity contribution < 1.29 is 4.39 Å². The Morgan fingerprint density at radius 3 is 2.80 bits per heavy atom. The highest BCUT2D eigenvalue weighted by Crippen LogP contribution is 2.28. The van der Waals surface area contributed by atoms with Crippen LogP contribution in [0.3, 0.4) is 0 Å². The Kier molecular flexibility index (Phi) is 3.19. The topological polar surface area (TPSA) is 26.0 Å². The molecule has 4 heteroatoms. The first-order valence-electron chi connectivity index (χ1n) is 4.41. The van der Waals surface area contributed by atoms with E-state index in [1.807, 2.05) is 16.8 Å². The van der Waals surface area contributed by atoms with Crippen molar-refractivity contribution in [3.8, 4) is 0 Å². The highest BCUT2D eigenvalue weighted by molar-refractivity contribution is 9.10. The molecular formula is C11H9BrFNS. The van der Waals surface area contributed by atoms with Gasteiger partial charge in [0.15, 0.2) is 0 Å². The van der Waals surface area contributed by atoms with Crippen LogP contribution in [0, 0.1) is 5.82 Å². The third-order valence-corrected chi connectivity index (χ3v) is 3.62. The molecule has 0 aliphatic heterocycles. The van der Waals surface area contributed by atoms with Gasteiger partial charge in [0.05, 0.1) is 6.04 Å². The molecule has 1 atom stereocenters. The lowest BCUT2D eigenvalue weighted by atomic mass is 10.0. The Morgan fingerprint density at radius 1 is 1.33 bits per heavy atom. The monoisotopic (exact) mass is 285 g/mol. The van der Waals surface area contributed by atoms with Gasteiger partial charge in [0.1, 0.15) is 5.82 Å². The van der Waals surface area contributed by atoms with E-state index in [0.717, 1.165) is 15.6 Å². The molecule has 2 N–H and O–H groups in total. The van der Waals surface area contributed by atoms with Crippen LogP contribution in [0.25, 0.3) is 0 Å². The summed E-state index contributed by atoms with van der Waals surface area (Å²) >= 11 is 4.96. The minimum atomic E-state index is -0.277. The van der Waals surface area contributed by atoms with Gasteiger partial charge in [0.2, 0.25) is 0 Å². The Hall–Kier alpha value is -0.710. The van der Waals surface area contributed by atoms with E-state index in [0.29, 0.717) is 0 Å². The summed E-state index contributed by atoms with van der Waals surface area (Å²) in [5.74, 6) is -0.265. The van der Waals surface area contributed by atoms with Crippen molar-refractivity contribution in [1.29, 1.82) is 0 Å². The molecule has 1 aromatic heterocycles. The van der Waals surface area contributed by atoms with Crippen LogP contribution < -0.4 is 5.73 Å². The highest BCUT2D eigenvalue weighted by atomic mass is 79.9. The Morgan fingerprint density at radius 2 is 2.13 bits per heavy atom. The molecule has 0 bridgehead atoms. The van der Waals surface area contributed by atoms with Crippen LogP contribution in [-0.2, 0) is 0 Å². The summed E-state index contributed by atoms with van der Waals surface area (Å²) in [6.45, 7) is 0.